The van der Waals surface area contributed by atoms with Crippen molar-refractivity contribution in [2.75, 3.05) is 0 Å². The third-order valence-electron chi connectivity index (χ3n) is 5.67. The van der Waals surface area contributed by atoms with Crippen molar-refractivity contribution in [3.05, 3.63) is 0 Å². The molecule has 1 heterocycles. The monoisotopic (exact) mass is 322 g/mol. The third-order valence-corrected chi connectivity index (χ3v) is 5.67. The first-order valence-electron chi connectivity index (χ1n) is 9.41. The molecule has 1 aliphatic heterocycles. The van der Waals surface area contributed by atoms with Crippen molar-refractivity contribution in [1.82, 2.24) is 0 Å². The maximum Gasteiger partial charge on any atom is 0.167 e. The van der Waals surface area contributed by atoms with Gasteiger partial charge in [-0.25, -0.2) is 0 Å². The zero-order chi connectivity index (χ0) is 16.4. The summed E-state index contributed by atoms with van der Waals surface area (Å²) in [5.41, 5.74) is 0. The van der Waals surface area contributed by atoms with Crippen LogP contribution < -0.4 is 0 Å². The molecule has 0 amide bonds. The van der Waals surface area contributed by atoms with Gasteiger partial charge >= 0.3 is 0 Å². The lowest BCUT2D eigenvalue weighted by atomic mass is 9.80. The summed E-state index contributed by atoms with van der Waals surface area (Å²) in [5, 5.41) is 0. The highest BCUT2D eigenvalue weighted by Crippen LogP contribution is 2.37. The van der Waals surface area contributed by atoms with E-state index in [1.807, 2.05) is 13.8 Å². The van der Waals surface area contributed by atoms with E-state index >= 15 is 0 Å². The van der Waals surface area contributed by atoms with Crippen LogP contribution >= 0.6 is 0 Å². The van der Waals surface area contributed by atoms with Crippen LogP contribution in [-0.4, -0.2) is 29.6 Å². The molecule has 1 saturated heterocycles. The van der Waals surface area contributed by atoms with Crippen LogP contribution in [0.3, 0.4) is 0 Å². The first-order valence-corrected chi connectivity index (χ1v) is 9.41. The van der Waals surface area contributed by atoms with E-state index in [2.05, 4.69) is 0 Å². The highest BCUT2D eigenvalue weighted by Gasteiger charge is 2.51. The summed E-state index contributed by atoms with van der Waals surface area (Å²) in [6.07, 6.45) is 9.19. The summed E-state index contributed by atoms with van der Waals surface area (Å²) >= 11 is 0. The highest BCUT2D eigenvalue weighted by atomic mass is 16.8. The Balaban J connectivity index is 1.73. The van der Waals surface area contributed by atoms with Crippen molar-refractivity contribution in [2.24, 2.45) is 11.8 Å². The molecule has 3 aliphatic rings. The summed E-state index contributed by atoms with van der Waals surface area (Å²) in [6, 6.07) is 0. The van der Waals surface area contributed by atoms with Gasteiger partial charge in [0, 0.05) is 11.8 Å². The number of hydrogen-bond donors (Lipinski definition) is 0. The molecule has 2 aliphatic carbocycles. The number of hydrogen-bond acceptors (Lipinski definition) is 4. The molecule has 4 heteroatoms. The van der Waals surface area contributed by atoms with E-state index in [1.165, 1.54) is 12.8 Å². The lowest BCUT2D eigenvalue weighted by Crippen LogP contribution is -2.43. The van der Waals surface area contributed by atoms with Crippen molar-refractivity contribution in [1.29, 1.82) is 0 Å². The highest BCUT2D eigenvalue weighted by molar-refractivity contribution is 5.95. The van der Waals surface area contributed by atoms with E-state index in [9.17, 15) is 9.59 Å². The van der Waals surface area contributed by atoms with E-state index in [0.717, 1.165) is 51.4 Å². The summed E-state index contributed by atoms with van der Waals surface area (Å²) < 4.78 is 11.8. The maximum absolute atomic E-state index is 12.9. The van der Waals surface area contributed by atoms with Crippen molar-refractivity contribution < 1.29 is 19.1 Å². The first kappa shape index (κ1) is 17.1. The SMILES string of the molecule is CC1(C)O[C@@H](C(=O)C2CCCCC2)[C@H](C(=O)C2CCCCC2)O1. The molecule has 23 heavy (non-hydrogen) atoms. The second-order valence-corrected chi connectivity index (χ2v) is 7.95. The quantitative estimate of drug-likeness (QED) is 0.790. The molecule has 130 valence electrons. The van der Waals surface area contributed by atoms with E-state index in [-0.39, 0.29) is 23.4 Å². The van der Waals surface area contributed by atoms with Crippen LogP contribution in [0.5, 0.6) is 0 Å². The van der Waals surface area contributed by atoms with Gasteiger partial charge in [0.05, 0.1) is 0 Å². The molecule has 3 rings (SSSR count). The number of Topliss-reactive ketones (excluding diaryl/α,β-unsaturated/α-hetero) is 2. The van der Waals surface area contributed by atoms with Gasteiger partial charge in [0.1, 0.15) is 0 Å². The predicted octanol–water partition coefficient (Wildman–Crippen LogP) is 3.81. The molecule has 2 saturated carbocycles. The maximum atomic E-state index is 12.9. The second-order valence-electron chi connectivity index (χ2n) is 7.95. The fourth-order valence-electron chi connectivity index (χ4n) is 4.42. The van der Waals surface area contributed by atoms with Gasteiger partial charge in [-0.3, -0.25) is 9.59 Å². The van der Waals surface area contributed by atoms with Crippen molar-refractivity contribution in [2.45, 2.75) is 96.1 Å². The zero-order valence-corrected chi connectivity index (χ0v) is 14.5. The Morgan fingerprint density at radius 3 is 1.39 bits per heavy atom. The lowest BCUT2D eigenvalue weighted by Gasteiger charge is -2.27. The second kappa shape index (κ2) is 7.02. The Labute approximate surface area is 139 Å². The molecule has 0 aromatic heterocycles. The molecule has 0 aromatic carbocycles. The summed E-state index contributed by atoms with van der Waals surface area (Å²) in [6.45, 7) is 3.62. The lowest BCUT2D eigenvalue weighted by molar-refractivity contribution is -0.161. The van der Waals surface area contributed by atoms with Gasteiger partial charge in [-0.2, -0.15) is 0 Å². The molecule has 2 atom stereocenters. The Morgan fingerprint density at radius 1 is 0.696 bits per heavy atom. The number of carbonyl (C=O) groups is 2. The van der Waals surface area contributed by atoms with Crippen LogP contribution in [0.2, 0.25) is 0 Å². The summed E-state index contributed by atoms with van der Waals surface area (Å²) in [5.74, 6) is -0.543. The number of ketones is 2. The predicted molar refractivity (Wildman–Crippen MR) is 87.0 cm³/mol. The fraction of sp³-hybridized carbons (Fsp3) is 0.895. The van der Waals surface area contributed by atoms with Gasteiger partial charge in [-0.05, 0) is 39.5 Å². The minimum absolute atomic E-state index is 0.0490. The molecule has 0 unspecified atom stereocenters. The van der Waals surface area contributed by atoms with Crippen molar-refractivity contribution in [3.63, 3.8) is 0 Å². The molecular formula is C19H30O4. The van der Waals surface area contributed by atoms with Gasteiger partial charge in [-0.15, -0.1) is 0 Å². The minimum atomic E-state index is -0.843. The molecule has 4 nitrogen and oxygen atoms in total. The van der Waals surface area contributed by atoms with Crippen LogP contribution in [0, 0.1) is 11.8 Å². The molecular weight excluding hydrogens is 292 g/mol. The first-order chi connectivity index (χ1) is 11.0. The van der Waals surface area contributed by atoms with Gasteiger partial charge < -0.3 is 9.47 Å². The van der Waals surface area contributed by atoms with E-state index in [0.29, 0.717) is 0 Å². The van der Waals surface area contributed by atoms with Crippen LogP contribution in [0.4, 0.5) is 0 Å². The fourth-order valence-corrected chi connectivity index (χ4v) is 4.42. The summed E-state index contributed by atoms with van der Waals surface area (Å²) in [7, 11) is 0. The Kier molecular flexibility index (Phi) is 5.22. The van der Waals surface area contributed by atoms with E-state index in [4.69, 9.17) is 9.47 Å². The van der Waals surface area contributed by atoms with Crippen LogP contribution in [0.15, 0.2) is 0 Å². The average molecular weight is 322 g/mol. The molecule has 0 spiro atoms. The molecule has 3 fully saturated rings. The molecule has 0 bridgehead atoms. The molecule has 0 N–H and O–H groups in total. The molecule has 0 radical (unpaired) electrons. The summed E-state index contributed by atoms with van der Waals surface area (Å²) in [4.78, 5) is 25.9. The van der Waals surface area contributed by atoms with Gasteiger partial charge in [0.2, 0.25) is 0 Å². The van der Waals surface area contributed by atoms with E-state index in [1.54, 1.807) is 0 Å². The van der Waals surface area contributed by atoms with Crippen LogP contribution in [0.1, 0.15) is 78.1 Å². The molecule has 0 aromatic rings. The van der Waals surface area contributed by atoms with Crippen molar-refractivity contribution in [3.8, 4) is 0 Å². The Hall–Kier alpha value is -0.740. The smallest absolute Gasteiger partial charge is 0.167 e. The Morgan fingerprint density at radius 2 is 1.04 bits per heavy atom. The normalized spacial score (nSPS) is 32.8. The van der Waals surface area contributed by atoms with Crippen LogP contribution in [0.25, 0.3) is 0 Å². The third kappa shape index (κ3) is 3.85. The van der Waals surface area contributed by atoms with Crippen molar-refractivity contribution >= 4 is 11.6 Å². The minimum Gasteiger partial charge on any atom is -0.336 e. The van der Waals surface area contributed by atoms with Gasteiger partial charge in [0.15, 0.2) is 29.6 Å². The van der Waals surface area contributed by atoms with Gasteiger partial charge in [0.25, 0.3) is 0 Å². The standard InChI is InChI=1S/C19H30O4/c1-19(2)22-17(15(20)13-9-5-3-6-10-13)18(23-19)16(21)14-11-7-4-8-12-14/h13-14,17-18H,3-12H2,1-2H3/t17-,18-/m0/s1. The Bertz CT molecular complexity index is 404. The average Bonchev–Trinajstić information content (AvgIpc) is 2.91. The van der Waals surface area contributed by atoms with Crippen LogP contribution in [-0.2, 0) is 19.1 Å². The zero-order valence-electron chi connectivity index (χ0n) is 14.5. The number of carbonyl (C=O) groups excluding carboxylic acids is 2. The number of rotatable bonds is 4. The van der Waals surface area contributed by atoms with E-state index < -0.39 is 18.0 Å². The number of ether oxygens (including phenoxy) is 2. The largest absolute Gasteiger partial charge is 0.336 e. The van der Waals surface area contributed by atoms with Gasteiger partial charge in [-0.1, -0.05) is 38.5 Å². The topological polar surface area (TPSA) is 52.6 Å².